The number of carbonyl (C=O) groups excluding carboxylic acids is 2. The first kappa shape index (κ1) is 56.1. The number of β-amino-alcohol motifs (C(OH)–C–C–N with tert-alkyl or cyclic N) is 1. The average Bonchev–Trinajstić information content (AvgIpc) is 3.64. The van der Waals surface area contributed by atoms with E-state index in [1.54, 1.807) is 4.90 Å². The third-order valence-corrected chi connectivity index (χ3v) is 11.8. The Hall–Kier alpha value is -1.94. The van der Waals surface area contributed by atoms with Crippen molar-refractivity contribution in [2.45, 2.75) is 244 Å². The number of carbonyl (C=O) groups is 2. The van der Waals surface area contributed by atoms with E-state index in [-0.39, 0.29) is 31.3 Å². The van der Waals surface area contributed by atoms with Gasteiger partial charge < -0.3 is 34.6 Å². The molecule has 0 radical (unpaired) electrons. The highest BCUT2D eigenvalue weighted by molar-refractivity contribution is 5.77. The zero-order valence-electron chi connectivity index (χ0n) is 39.2. The number of hydrogen-bond acceptors (Lipinski definition) is 7. The summed E-state index contributed by atoms with van der Waals surface area (Å²) in [5.74, 6) is -0.0313. The fraction of sp³-hybridized carbons (Fsp3) is 0.882. The first-order valence-corrected chi connectivity index (χ1v) is 25.5. The van der Waals surface area contributed by atoms with Gasteiger partial charge in [0, 0.05) is 32.7 Å². The SMILES string of the molecule is CCCCCCCC/C=C\CCCCCCCCOCC(COC(=O)NCCCCCC(=O)N1C[C@H](O)C[C@H]1CO)OCCCCCCCC/C=C\CCCCCCCC. The maximum absolute atomic E-state index is 12.5. The van der Waals surface area contributed by atoms with Crippen molar-refractivity contribution in [1.29, 1.82) is 0 Å². The van der Waals surface area contributed by atoms with Crippen molar-refractivity contribution >= 4 is 12.0 Å². The van der Waals surface area contributed by atoms with Crippen LogP contribution in [0.15, 0.2) is 24.3 Å². The molecule has 1 heterocycles. The number of ether oxygens (including phenoxy) is 3. The van der Waals surface area contributed by atoms with Gasteiger partial charge in [-0.25, -0.2) is 4.79 Å². The van der Waals surface area contributed by atoms with Crippen molar-refractivity contribution in [1.82, 2.24) is 10.2 Å². The minimum Gasteiger partial charge on any atom is -0.447 e. The van der Waals surface area contributed by atoms with Gasteiger partial charge in [0.2, 0.25) is 5.91 Å². The van der Waals surface area contributed by atoms with Crippen LogP contribution in [0.1, 0.15) is 226 Å². The molecule has 0 aliphatic carbocycles. The molecule has 352 valence electrons. The molecular formula is C51H96N2O7. The van der Waals surface area contributed by atoms with Crippen molar-refractivity contribution in [3.8, 4) is 0 Å². The van der Waals surface area contributed by atoms with Gasteiger partial charge >= 0.3 is 6.09 Å². The zero-order chi connectivity index (χ0) is 43.4. The minimum absolute atomic E-state index is 0.0313. The van der Waals surface area contributed by atoms with E-state index in [9.17, 15) is 19.8 Å². The summed E-state index contributed by atoms with van der Waals surface area (Å²) in [5.41, 5.74) is 0. The number of likely N-dealkylation sites (tertiary alicyclic amines) is 1. The van der Waals surface area contributed by atoms with Gasteiger partial charge in [0.1, 0.15) is 12.7 Å². The number of amides is 2. The number of allylic oxidation sites excluding steroid dienone is 4. The molecule has 1 fully saturated rings. The summed E-state index contributed by atoms with van der Waals surface area (Å²) in [6.45, 7) is 7.11. The molecule has 0 bridgehead atoms. The fourth-order valence-corrected chi connectivity index (χ4v) is 7.91. The fourth-order valence-electron chi connectivity index (χ4n) is 7.91. The molecular weight excluding hydrogens is 753 g/mol. The lowest BCUT2D eigenvalue weighted by Gasteiger charge is -2.22. The van der Waals surface area contributed by atoms with Gasteiger partial charge in [0.05, 0.1) is 25.4 Å². The molecule has 1 unspecified atom stereocenters. The average molecular weight is 849 g/mol. The molecule has 60 heavy (non-hydrogen) atoms. The van der Waals surface area contributed by atoms with E-state index >= 15 is 0 Å². The van der Waals surface area contributed by atoms with Crippen molar-refractivity contribution in [2.75, 3.05) is 46.1 Å². The summed E-state index contributed by atoms with van der Waals surface area (Å²) in [6, 6.07) is -0.286. The maximum atomic E-state index is 12.5. The number of unbranched alkanes of at least 4 members (excludes halogenated alkanes) is 26. The van der Waals surface area contributed by atoms with Gasteiger partial charge in [-0.3, -0.25) is 4.79 Å². The van der Waals surface area contributed by atoms with Gasteiger partial charge in [0.15, 0.2) is 0 Å². The molecule has 3 atom stereocenters. The molecule has 0 aromatic rings. The summed E-state index contributed by atoms with van der Waals surface area (Å²) in [7, 11) is 0. The smallest absolute Gasteiger partial charge is 0.407 e. The van der Waals surface area contributed by atoms with Gasteiger partial charge in [0.25, 0.3) is 0 Å². The summed E-state index contributed by atoms with van der Waals surface area (Å²) < 4.78 is 17.7. The van der Waals surface area contributed by atoms with Crippen LogP contribution in [-0.4, -0.2) is 91.5 Å². The van der Waals surface area contributed by atoms with Gasteiger partial charge in [-0.1, -0.05) is 160 Å². The Balaban J connectivity index is 2.22. The van der Waals surface area contributed by atoms with E-state index in [2.05, 4.69) is 43.5 Å². The third-order valence-electron chi connectivity index (χ3n) is 11.8. The standard InChI is InChI=1S/C51H96N2O7/c1-3-5-7-9-11-13-15-17-19-21-23-25-27-29-31-36-40-58-45-49(59-41-37-32-30-28-26-24-22-20-18-16-14-12-10-8-6-4-2)46-60-51(57)52-39-35-33-34-38-50(56)53-43-48(55)42-47(53)44-54/h17-20,47-49,54-55H,3-16,21-46H2,1-2H3,(H,52,57)/b19-17-,20-18-/t47-,48+,49?/m0/s1. The first-order chi connectivity index (χ1) is 29.5. The van der Waals surface area contributed by atoms with Crippen LogP contribution in [0.3, 0.4) is 0 Å². The van der Waals surface area contributed by atoms with Gasteiger partial charge in [-0.2, -0.15) is 0 Å². The molecule has 3 N–H and O–H groups in total. The van der Waals surface area contributed by atoms with Crippen molar-refractivity contribution < 1.29 is 34.0 Å². The topological polar surface area (TPSA) is 118 Å². The van der Waals surface area contributed by atoms with Gasteiger partial charge in [-0.15, -0.1) is 0 Å². The summed E-state index contributed by atoms with van der Waals surface area (Å²) in [5, 5.41) is 22.2. The van der Waals surface area contributed by atoms with Crippen LogP contribution in [0.25, 0.3) is 0 Å². The van der Waals surface area contributed by atoms with Crippen molar-refractivity contribution in [3.63, 3.8) is 0 Å². The Bertz CT molecular complexity index is 1010. The Morgan fingerprint density at radius 3 is 1.60 bits per heavy atom. The Labute approximate surface area is 369 Å². The summed E-state index contributed by atoms with van der Waals surface area (Å²) in [4.78, 5) is 26.6. The Kier molecular flexibility index (Phi) is 40.8. The third kappa shape index (κ3) is 35.6. The Morgan fingerprint density at radius 2 is 1.08 bits per heavy atom. The molecule has 2 amide bonds. The van der Waals surface area contributed by atoms with Crippen molar-refractivity contribution in [2.24, 2.45) is 0 Å². The maximum Gasteiger partial charge on any atom is 0.407 e. The van der Waals surface area contributed by atoms with E-state index in [1.165, 1.54) is 161 Å². The lowest BCUT2D eigenvalue weighted by Crippen LogP contribution is -2.37. The second kappa shape index (κ2) is 43.7. The van der Waals surface area contributed by atoms with Crippen LogP contribution >= 0.6 is 0 Å². The largest absolute Gasteiger partial charge is 0.447 e. The van der Waals surface area contributed by atoms with Crippen LogP contribution in [0.4, 0.5) is 4.79 Å². The summed E-state index contributed by atoms with van der Waals surface area (Å²) in [6.07, 6.45) is 47.0. The molecule has 1 rings (SSSR count). The van der Waals surface area contributed by atoms with Crippen LogP contribution in [0.5, 0.6) is 0 Å². The second-order valence-corrected chi connectivity index (χ2v) is 17.6. The van der Waals surface area contributed by atoms with E-state index < -0.39 is 12.2 Å². The van der Waals surface area contributed by atoms with Crippen LogP contribution in [-0.2, 0) is 19.0 Å². The Morgan fingerprint density at radius 1 is 0.617 bits per heavy atom. The van der Waals surface area contributed by atoms with E-state index in [4.69, 9.17) is 14.2 Å². The van der Waals surface area contributed by atoms with Gasteiger partial charge in [-0.05, 0) is 83.5 Å². The van der Waals surface area contributed by atoms with E-state index in [0.717, 1.165) is 32.1 Å². The molecule has 0 aromatic heterocycles. The van der Waals surface area contributed by atoms with E-state index in [0.29, 0.717) is 52.2 Å². The summed E-state index contributed by atoms with van der Waals surface area (Å²) >= 11 is 0. The highest BCUT2D eigenvalue weighted by atomic mass is 16.6. The molecule has 9 heteroatoms. The molecule has 1 aliphatic heterocycles. The highest BCUT2D eigenvalue weighted by Crippen LogP contribution is 2.19. The predicted molar refractivity (Wildman–Crippen MR) is 250 cm³/mol. The normalized spacial score (nSPS) is 16.1. The molecule has 0 aromatic carbocycles. The van der Waals surface area contributed by atoms with Crippen LogP contribution < -0.4 is 5.32 Å². The van der Waals surface area contributed by atoms with Crippen molar-refractivity contribution in [3.05, 3.63) is 24.3 Å². The highest BCUT2D eigenvalue weighted by Gasteiger charge is 2.33. The first-order valence-electron chi connectivity index (χ1n) is 25.5. The lowest BCUT2D eigenvalue weighted by atomic mass is 10.1. The minimum atomic E-state index is -0.558. The molecule has 1 aliphatic rings. The monoisotopic (exact) mass is 849 g/mol. The lowest BCUT2D eigenvalue weighted by molar-refractivity contribution is -0.133. The quantitative estimate of drug-likeness (QED) is 0.0413. The molecule has 1 saturated heterocycles. The molecule has 0 saturated carbocycles. The van der Waals surface area contributed by atoms with E-state index in [1.807, 2.05) is 0 Å². The number of rotatable bonds is 44. The number of nitrogens with one attached hydrogen (secondary N) is 1. The molecule has 0 spiro atoms. The number of aliphatic hydroxyl groups excluding tert-OH is 2. The zero-order valence-corrected chi connectivity index (χ0v) is 39.2. The number of aliphatic hydroxyl groups is 2. The number of nitrogens with zero attached hydrogens (tertiary/aromatic N) is 1. The predicted octanol–water partition coefficient (Wildman–Crippen LogP) is 12.7. The van der Waals surface area contributed by atoms with Crippen LogP contribution in [0, 0.1) is 0 Å². The number of hydrogen-bond donors (Lipinski definition) is 3. The number of alkyl carbamates (subject to hydrolysis) is 1. The second-order valence-electron chi connectivity index (χ2n) is 17.6. The molecule has 9 nitrogen and oxygen atoms in total. The van der Waals surface area contributed by atoms with Crippen LogP contribution in [0.2, 0.25) is 0 Å².